The van der Waals surface area contributed by atoms with Crippen LogP contribution in [0.15, 0.2) is 24.3 Å². The Morgan fingerprint density at radius 1 is 1.17 bits per heavy atom. The van der Waals surface area contributed by atoms with E-state index in [1.54, 1.807) is 4.90 Å². The standard InChI is InChI=1S/C19H27NO3/c1-15-13-20(19(21)23-15)14-17-7-9-18(10-8-17)22-12-11-16-5-3-2-4-6-16/h7-10,15-16H,2-6,11-14H2,1H3. The largest absolute Gasteiger partial charge is 0.494 e. The molecule has 126 valence electrons. The fourth-order valence-corrected chi connectivity index (χ4v) is 3.53. The minimum Gasteiger partial charge on any atom is -0.494 e. The number of carbonyl (C=O) groups excluding carboxylic acids is 1. The average molecular weight is 317 g/mol. The Kier molecular flexibility index (Phi) is 5.42. The lowest BCUT2D eigenvalue weighted by atomic mass is 9.87. The minimum absolute atomic E-state index is 0.00936. The molecule has 1 aliphatic heterocycles. The Morgan fingerprint density at radius 3 is 2.57 bits per heavy atom. The molecule has 1 aliphatic carbocycles. The van der Waals surface area contributed by atoms with Crippen molar-refractivity contribution in [1.82, 2.24) is 4.90 Å². The molecule has 23 heavy (non-hydrogen) atoms. The fraction of sp³-hybridized carbons (Fsp3) is 0.632. The fourth-order valence-electron chi connectivity index (χ4n) is 3.53. The predicted molar refractivity (Wildman–Crippen MR) is 89.5 cm³/mol. The zero-order valence-corrected chi connectivity index (χ0v) is 14.0. The highest BCUT2D eigenvalue weighted by molar-refractivity contribution is 5.69. The third-order valence-corrected chi connectivity index (χ3v) is 4.85. The number of amides is 1. The summed E-state index contributed by atoms with van der Waals surface area (Å²) in [7, 11) is 0. The van der Waals surface area contributed by atoms with Gasteiger partial charge in [-0.15, -0.1) is 0 Å². The lowest BCUT2D eigenvalue weighted by Gasteiger charge is -2.21. The predicted octanol–water partition coefficient (Wildman–Crippen LogP) is 4.38. The molecule has 0 spiro atoms. The van der Waals surface area contributed by atoms with Crippen molar-refractivity contribution in [2.45, 2.75) is 58.1 Å². The summed E-state index contributed by atoms with van der Waals surface area (Å²) in [5, 5.41) is 0. The van der Waals surface area contributed by atoms with Crippen LogP contribution in [0.2, 0.25) is 0 Å². The molecule has 3 rings (SSSR count). The van der Waals surface area contributed by atoms with Gasteiger partial charge in [0.25, 0.3) is 0 Å². The Balaban J connectivity index is 1.42. The van der Waals surface area contributed by atoms with E-state index in [4.69, 9.17) is 9.47 Å². The monoisotopic (exact) mass is 317 g/mol. The lowest BCUT2D eigenvalue weighted by molar-refractivity contribution is 0.137. The molecule has 1 aromatic carbocycles. The average Bonchev–Trinajstić information content (AvgIpc) is 2.88. The number of ether oxygens (including phenoxy) is 2. The van der Waals surface area contributed by atoms with Crippen LogP contribution in [0.25, 0.3) is 0 Å². The topological polar surface area (TPSA) is 38.8 Å². The summed E-state index contributed by atoms with van der Waals surface area (Å²) < 4.78 is 11.0. The van der Waals surface area contributed by atoms with Gasteiger partial charge < -0.3 is 14.4 Å². The molecule has 1 amide bonds. The van der Waals surface area contributed by atoms with Crippen LogP contribution >= 0.6 is 0 Å². The van der Waals surface area contributed by atoms with Gasteiger partial charge in [0.1, 0.15) is 11.9 Å². The van der Waals surface area contributed by atoms with Crippen molar-refractivity contribution >= 4 is 6.09 Å². The number of benzene rings is 1. The van der Waals surface area contributed by atoms with Gasteiger partial charge in [-0.2, -0.15) is 0 Å². The summed E-state index contributed by atoms with van der Waals surface area (Å²) in [5.74, 6) is 1.77. The van der Waals surface area contributed by atoms with Gasteiger partial charge in [0, 0.05) is 6.54 Å². The summed E-state index contributed by atoms with van der Waals surface area (Å²) in [6.45, 7) is 3.99. The first-order chi connectivity index (χ1) is 11.2. The molecular formula is C19H27NO3. The first-order valence-electron chi connectivity index (χ1n) is 8.88. The van der Waals surface area contributed by atoms with E-state index in [9.17, 15) is 4.79 Å². The van der Waals surface area contributed by atoms with Gasteiger partial charge >= 0.3 is 6.09 Å². The van der Waals surface area contributed by atoms with Crippen LogP contribution < -0.4 is 4.74 Å². The van der Waals surface area contributed by atoms with E-state index in [-0.39, 0.29) is 12.2 Å². The van der Waals surface area contributed by atoms with Crippen LogP contribution in [0.4, 0.5) is 4.79 Å². The normalized spacial score (nSPS) is 22.2. The molecule has 1 saturated heterocycles. The molecular weight excluding hydrogens is 290 g/mol. The lowest BCUT2D eigenvalue weighted by Crippen LogP contribution is -2.24. The summed E-state index contributed by atoms with van der Waals surface area (Å²) >= 11 is 0. The van der Waals surface area contributed by atoms with E-state index in [0.717, 1.165) is 23.8 Å². The van der Waals surface area contributed by atoms with Gasteiger partial charge in [-0.25, -0.2) is 4.79 Å². The molecule has 4 heteroatoms. The second-order valence-electron chi connectivity index (χ2n) is 6.86. The molecule has 0 N–H and O–H groups in total. The first kappa shape index (κ1) is 16.2. The van der Waals surface area contributed by atoms with E-state index in [1.807, 2.05) is 31.2 Å². The molecule has 2 fully saturated rings. The molecule has 0 bridgehead atoms. The van der Waals surface area contributed by atoms with E-state index in [0.29, 0.717) is 13.1 Å². The number of nitrogens with zero attached hydrogens (tertiary/aromatic N) is 1. The van der Waals surface area contributed by atoms with Gasteiger partial charge in [-0.05, 0) is 37.0 Å². The number of hydrogen-bond acceptors (Lipinski definition) is 3. The van der Waals surface area contributed by atoms with Gasteiger partial charge in [0.15, 0.2) is 0 Å². The van der Waals surface area contributed by atoms with Crippen LogP contribution in [-0.2, 0) is 11.3 Å². The minimum atomic E-state index is -0.217. The highest BCUT2D eigenvalue weighted by atomic mass is 16.6. The molecule has 4 nitrogen and oxygen atoms in total. The van der Waals surface area contributed by atoms with Crippen molar-refractivity contribution in [3.8, 4) is 5.75 Å². The quantitative estimate of drug-likeness (QED) is 0.781. The molecule has 1 atom stereocenters. The smallest absolute Gasteiger partial charge is 0.410 e. The maximum absolute atomic E-state index is 11.6. The zero-order chi connectivity index (χ0) is 16.1. The molecule has 1 saturated carbocycles. The Bertz CT molecular complexity index is 508. The van der Waals surface area contributed by atoms with Crippen LogP contribution in [0.1, 0.15) is 51.0 Å². The zero-order valence-electron chi connectivity index (χ0n) is 14.0. The summed E-state index contributed by atoms with van der Waals surface area (Å²) in [6.07, 6.45) is 7.85. The van der Waals surface area contributed by atoms with Crippen LogP contribution in [0.5, 0.6) is 5.75 Å². The second kappa shape index (κ2) is 7.71. The number of rotatable bonds is 6. The molecule has 1 aromatic rings. The van der Waals surface area contributed by atoms with Gasteiger partial charge in [0.05, 0.1) is 13.2 Å². The third-order valence-electron chi connectivity index (χ3n) is 4.85. The van der Waals surface area contributed by atoms with Crippen LogP contribution in [0, 0.1) is 5.92 Å². The van der Waals surface area contributed by atoms with E-state index in [1.165, 1.54) is 38.5 Å². The highest BCUT2D eigenvalue weighted by Gasteiger charge is 2.27. The molecule has 1 unspecified atom stereocenters. The van der Waals surface area contributed by atoms with E-state index >= 15 is 0 Å². The van der Waals surface area contributed by atoms with E-state index in [2.05, 4.69) is 0 Å². The number of carbonyl (C=O) groups is 1. The Labute approximate surface area is 138 Å². The second-order valence-corrected chi connectivity index (χ2v) is 6.86. The Morgan fingerprint density at radius 2 is 1.91 bits per heavy atom. The first-order valence-corrected chi connectivity index (χ1v) is 8.88. The Hall–Kier alpha value is -1.71. The van der Waals surface area contributed by atoms with Gasteiger partial charge in [0.2, 0.25) is 0 Å². The van der Waals surface area contributed by atoms with Crippen molar-refractivity contribution in [2.24, 2.45) is 5.92 Å². The van der Waals surface area contributed by atoms with Crippen molar-refractivity contribution < 1.29 is 14.3 Å². The van der Waals surface area contributed by atoms with Gasteiger partial charge in [-0.3, -0.25) is 0 Å². The van der Waals surface area contributed by atoms with Crippen LogP contribution in [0.3, 0.4) is 0 Å². The molecule has 2 aliphatic rings. The van der Waals surface area contributed by atoms with Crippen molar-refractivity contribution in [3.05, 3.63) is 29.8 Å². The van der Waals surface area contributed by atoms with E-state index < -0.39 is 0 Å². The maximum atomic E-state index is 11.6. The summed E-state index contributed by atoms with van der Waals surface area (Å²) in [5.41, 5.74) is 1.11. The summed E-state index contributed by atoms with van der Waals surface area (Å²) in [4.78, 5) is 13.4. The summed E-state index contributed by atoms with van der Waals surface area (Å²) in [6, 6.07) is 8.07. The van der Waals surface area contributed by atoms with Crippen LogP contribution in [-0.4, -0.2) is 30.2 Å². The van der Waals surface area contributed by atoms with Crippen molar-refractivity contribution in [3.63, 3.8) is 0 Å². The molecule has 0 radical (unpaired) electrons. The third kappa shape index (κ3) is 4.63. The van der Waals surface area contributed by atoms with Crippen molar-refractivity contribution in [1.29, 1.82) is 0 Å². The van der Waals surface area contributed by atoms with Gasteiger partial charge in [-0.1, -0.05) is 44.2 Å². The SMILES string of the molecule is CC1CN(Cc2ccc(OCCC3CCCCC3)cc2)C(=O)O1. The van der Waals surface area contributed by atoms with Crippen molar-refractivity contribution in [2.75, 3.05) is 13.2 Å². The highest BCUT2D eigenvalue weighted by Crippen LogP contribution is 2.26. The molecule has 1 heterocycles. The number of cyclic esters (lactones) is 1. The number of hydrogen-bond donors (Lipinski definition) is 0. The maximum Gasteiger partial charge on any atom is 0.410 e. The molecule has 0 aromatic heterocycles.